The Morgan fingerprint density at radius 1 is 1.64 bits per heavy atom. The van der Waals surface area contributed by atoms with Gasteiger partial charge in [-0.2, -0.15) is 4.98 Å². The molecule has 0 bridgehead atoms. The minimum atomic E-state index is -0.867. The predicted octanol–water partition coefficient (Wildman–Crippen LogP) is 0.543. The first-order valence-corrected chi connectivity index (χ1v) is 4.39. The van der Waals surface area contributed by atoms with Gasteiger partial charge in [0.25, 0.3) is 5.95 Å². The molecule has 0 radical (unpaired) electrons. The molecule has 0 atom stereocenters. The van der Waals surface area contributed by atoms with Gasteiger partial charge in [-0.05, 0) is 12.1 Å². The summed E-state index contributed by atoms with van der Waals surface area (Å²) in [6.45, 7) is 2.74. The van der Waals surface area contributed by atoms with E-state index in [0.29, 0.717) is 11.8 Å². The molecule has 0 saturated carbocycles. The average Bonchev–Trinajstić information content (AvgIpc) is 2.62. The van der Waals surface area contributed by atoms with Gasteiger partial charge in [-0.15, -0.1) is 0 Å². The molecule has 0 amide bonds. The second-order valence-corrected chi connectivity index (χ2v) is 2.90. The van der Waals surface area contributed by atoms with Crippen molar-refractivity contribution in [1.82, 2.24) is 10.1 Å². The van der Waals surface area contributed by atoms with Crippen LogP contribution in [-0.2, 0) is 11.2 Å². The summed E-state index contributed by atoms with van der Waals surface area (Å²) in [5, 5.41) is 12.1. The quantitative estimate of drug-likeness (QED) is 0.745. The zero-order valence-electron chi connectivity index (χ0n) is 8.23. The number of anilines is 1. The lowest BCUT2D eigenvalue weighted by Crippen LogP contribution is -2.17. The van der Waals surface area contributed by atoms with E-state index in [1.807, 2.05) is 18.9 Å². The number of aliphatic carboxylic acids is 1. The van der Waals surface area contributed by atoms with Gasteiger partial charge in [0.15, 0.2) is 0 Å². The van der Waals surface area contributed by atoms with Crippen LogP contribution in [0.25, 0.3) is 0 Å². The van der Waals surface area contributed by atoms with Gasteiger partial charge >= 0.3 is 5.97 Å². The van der Waals surface area contributed by atoms with Gasteiger partial charge in [0.1, 0.15) is 0 Å². The van der Waals surface area contributed by atoms with Crippen molar-refractivity contribution in [3.8, 4) is 0 Å². The van der Waals surface area contributed by atoms with Crippen LogP contribution in [0, 0.1) is 0 Å². The van der Waals surface area contributed by atoms with Crippen molar-refractivity contribution in [1.29, 1.82) is 0 Å². The summed E-state index contributed by atoms with van der Waals surface area (Å²) >= 11 is 0. The minimum Gasteiger partial charge on any atom is -0.481 e. The van der Waals surface area contributed by atoms with E-state index in [2.05, 4.69) is 10.1 Å². The Hall–Kier alpha value is -1.59. The Morgan fingerprint density at radius 3 is 2.93 bits per heavy atom. The van der Waals surface area contributed by atoms with Crippen LogP contribution < -0.4 is 4.90 Å². The molecule has 0 fully saturated rings. The number of hydrogen-bond acceptors (Lipinski definition) is 5. The van der Waals surface area contributed by atoms with Gasteiger partial charge in [0.05, 0.1) is 6.42 Å². The normalized spacial score (nSPS) is 10.1. The van der Waals surface area contributed by atoms with Gasteiger partial charge in [-0.1, -0.05) is 0 Å². The van der Waals surface area contributed by atoms with Crippen molar-refractivity contribution in [3.63, 3.8) is 0 Å². The van der Waals surface area contributed by atoms with Crippen molar-refractivity contribution in [3.05, 3.63) is 5.89 Å². The molecule has 14 heavy (non-hydrogen) atoms. The fourth-order valence-corrected chi connectivity index (χ4v) is 0.858. The van der Waals surface area contributed by atoms with Gasteiger partial charge in [-0.3, -0.25) is 4.79 Å². The maximum absolute atomic E-state index is 10.3. The van der Waals surface area contributed by atoms with Crippen LogP contribution in [0.15, 0.2) is 4.52 Å². The van der Waals surface area contributed by atoms with E-state index in [1.165, 1.54) is 0 Å². The Bertz CT molecular complexity index is 311. The molecule has 0 aliphatic heterocycles. The molecule has 0 aliphatic rings. The first-order chi connectivity index (χ1) is 6.63. The number of aromatic nitrogens is 2. The number of hydrogen-bond donors (Lipinski definition) is 1. The summed E-state index contributed by atoms with van der Waals surface area (Å²) in [6.07, 6.45) is 0.289. The molecule has 6 heteroatoms. The number of nitrogens with zero attached hydrogens (tertiary/aromatic N) is 3. The van der Waals surface area contributed by atoms with Crippen LogP contribution in [-0.4, -0.2) is 34.8 Å². The fraction of sp³-hybridized carbons (Fsp3) is 0.625. The number of carboxylic acids is 1. The second-order valence-electron chi connectivity index (χ2n) is 2.90. The highest BCUT2D eigenvalue weighted by Gasteiger charge is 2.10. The minimum absolute atomic E-state index is 0.0114. The van der Waals surface area contributed by atoms with E-state index in [-0.39, 0.29) is 12.8 Å². The van der Waals surface area contributed by atoms with Gasteiger partial charge in [0, 0.05) is 20.0 Å². The van der Waals surface area contributed by atoms with E-state index < -0.39 is 5.97 Å². The molecule has 1 aromatic rings. The third kappa shape index (κ3) is 2.72. The number of rotatable bonds is 5. The van der Waals surface area contributed by atoms with Crippen molar-refractivity contribution < 1.29 is 14.4 Å². The first-order valence-electron chi connectivity index (χ1n) is 4.39. The fourth-order valence-electron chi connectivity index (χ4n) is 0.858. The third-order valence-corrected chi connectivity index (χ3v) is 1.83. The number of carbonyl (C=O) groups is 1. The Balaban J connectivity index is 2.54. The second kappa shape index (κ2) is 4.59. The predicted molar refractivity (Wildman–Crippen MR) is 49.2 cm³/mol. The average molecular weight is 199 g/mol. The van der Waals surface area contributed by atoms with Crippen molar-refractivity contribution in [2.24, 2.45) is 0 Å². The molecular weight excluding hydrogens is 186 g/mol. The highest BCUT2D eigenvalue weighted by Crippen LogP contribution is 2.08. The van der Waals surface area contributed by atoms with Crippen LogP contribution >= 0.6 is 0 Å². The van der Waals surface area contributed by atoms with Gasteiger partial charge in [0.2, 0.25) is 5.89 Å². The van der Waals surface area contributed by atoms with E-state index in [1.54, 1.807) is 0 Å². The Morgan fingerprint density at radius 2 is 2.36 bits per heavy atom. The molecular formula is C8H13N3O3. The first kappa shape index (κ1) is 10.5. The van der Waals surface area contributed by atoms with E-state index >= 15 is 0 Å². The summed E-state index contributed by atoms with van der Waals surface area (Å²) in [4.78, 5) is 16.1. The molecule has 6 nitrogen and oxygen atoms in total. The van der Waals surface area contributed by atoms with E-state index in [9.17, 15) is 4.79 Å². The summed E-state index contributed by atoms with van der Waals surface area (Å²) < 4.78 is 4.87. The van der Waals surface area contributed by atoms with Crippen LogP contribution in [0.5, 0.6) is 0 Å². The molecule has 0 aromatic carbocycles. The Kier molecular flexibility index (Phi) is 3.44. The molecule has 1 N–H and O–H groups in total. The number of carboxylic acid groups (broad SMARTS) is 1. The van der Waals surface area contributed by atoms with Crippen LogP contribution in [0.4, 0.5) is 5.95 Å². The monoisotopic (exact) mass is 199 g/mol. The largest absolute Gasteiger partial charge is 0.481 e. The standard InChI is InChI=1S/C8H13N3O3/c1-3-11(2)8-9-6(14-10-8)4-5-7(12)13/h3-5H2,1-2H3,(H,12,13). The number of aryl methyl sites for hydroxylation is 1. The molecule has 78 valence electrons. The van der Waals surface area contributed by atoms with Gasteiger partial charge in [-0.25, -0.2) is 0 Å². The summed E-state index contributed by atoms with van der Waals surface area (Å²) in [5.41, 5.74) is 0. The molecule has 0 aliphatic carbocycles. The zero-order chi connectivity index (χ0) is 10.6. The summed E-state index contributed by atoms with van der Waals surface area (Å²) in [5.74, 6) is -0.0100. The highest BCUT2D eigenvalue weighted by molar-refractivity contribution is 5.66. The molecule has 1 heterocycles. The van der Waals surface area contributed by atoms with Gasteiger partial charge < -0.3 is 14.5 Å². The van der Waals surface area contributed by atoms with Crippen LogP contribution in [0.3, 0.4) is 0 Å². The van der Waals surface area contributed by atoms with Crippen LogP contribution in [0.1, 0.15) is 19.2 Å². The van der Waals surface area contributed by atoms with Crippen molar-refractivity contribution >= 4 is 11.9 Å². The topological polar surface area (TPSA) is 79.5 Å². The lowest BCUT2D eigenvalue weighted by atomic mass is 10.3. The van der Waals surface area contributed by atoms with Crippen molar-refractivity contribution in [2.45, 2.75) is 19.8 Å². The lowest BCUT2D eigenvalue weighted by Gasteiger charge is -2.08. The Labute approximate surface area is 81.5 Å². The molecule has 0 spiro atoms. The lowest BCUT2D eigenvalue weighted by molar-refractivity contribution is -0.137. The molecule has 0 unspecified atom stereocenters. The third-order valence-electron chi connectivity index (χ3n) is 1.83. The summed E-state index contributed by atoms with van der Waals surface area (Å²) in [7, 11) is 1.84. The maximum Gasteiger partial charge on any atom is 0.303 e. The van der Waals surface area contributed by atoms with Crippen molar-refractivity contribution in [2.75, 3.05) is 18.5 Å². The molecule has 0 saturated heterocycles. The smallest absolute Gasteiger partial charge is 0.303 e. The summed E-state index contributed by atoms with van der Waals surface area (Å²) in [6, 6.07) is 0. The molecule has 1 rings (SSSR count). The highest BCUT2D eigenvalue weighted by atomic mass is 16.5. The van der Waals surface area contributed by atoms with E-state index in [4.69, 9.17) is 9.63 Å². The van der Waals surface area contributed by atoms with Crippen LogP contribution in [0.2, 0.25) is 0 Å². The molecule has 1 aromatic heterocycles. The zero-order valence-corrected chi connectivity index (χ0v) is 8.23. The van der Waals surface area contributed by atoms with E-state index in [0.717, 1.165) is 6.54 Å². The SMILES string of the molecule is CCN(C)c1noc(CCC(=O)O)n1. The maximum atomic E-state index is 10.3.